The number of rotatable bonds is 4. The van der Waals surface area contributed by atoms with Crippen molar-refractivity contribution in [2.24, 2.45) is 0 Å². The highest BCUT2D eigenvalue weighted by Crippen LogP contribution is 2.36. The van der Waals surface area contributed by atoms with Gasteiger partial charge >= 0.3 is 0 Å². The molecule has 1 aromatic heterocycles. The zero-order valence-electron chi connectivity index (χ0n) is 11.5. The zero-order valence-corrected chi connectivity index (χ0v) is 13.0. The summed E-state index contributed by atoms with van der Waals surface area (Å²) in [5.41, 5.74) is 12.2. The number of halogens is 2. The van der Waals surface area contributed by atoms with Gasteiger partial charge in [0.1, 0.15) is 11.9 Å². The Morgan fingerprint density at radius 3 is 2.41 bits per heavy atom. The van der Waals surface area contributed by atoms with Gasteiger partial charge in [-0.2, -0.15) is 9.97 Å². The number of nitrogen functional groups attached to an aromatic ring is 2. The molecule has 118 valence electrons. The van der Waals surface area contributed by atoms with E-state index in [0.717, 1.165) is 0 Å². The van der Waals surface area contributed by atoms with Gasteiger partial charge in [-0.1, -0.05) is 29.3 Å². The summed E-state index contributed by atoms with van der Waals surface area (Å²) in [6, 6.07) is 4.77. The molecule has 22 heavy (non-hydrogen) atoms. The van der Waals surface area contributed by atoms with E-state index in [1.54, 1.807) is 18.2 Å². The molecular formula is C13H14Cl2N4O3. The topological polar surface area (TPSA) is 128 Å². The summed E-state index contributed by atoms with van der Waals surface area (Å²) in [7, 11) is 0. The summed E-state index contributed by atoms with van der Waals surface area (Å²) >= 11 is 11.9. The van der Waals surface area contributed by atoms with Crippen molar-refractivity contribution in [2.45, 2.75) is 19.3 Å². The fraction of sp³-hybridized carbons (Fsp3) is 0.231. The molecule has 0 spiro atoms. The Balaban J connectivity index is 2.55. The van der Waals surface area contributed by atoms with Crippen LogP contribution in [0.4, 0.5) is 11.8 Å². The molecule has 2 rings (SSSR count). The Labute approximate surface area is 136 Å². The minimum atomic E-state index is -1.50. The first-order valence-electron chi connectivity index (χ1n) is 6.20. The van der Waals surface area contributed by atoms with E-state index < -0.39 is 12.4 Å². The van der Waals surface area contributed by atoms with Crippen molar-refractivity contribution in [1.82, 2.24) is 9.97 Å². The third-order valence-corrected chi connectivity index (χ3v) is 3.51. The van der Waals surface area contributed by atoms with Crippen LogP contribution in [-0.2, 0) is 0 Å². The molecule has 0 fully saturated rings. The van der Waals surface area contributed by atoms with Crippen molar-refractivity contribution < 1.29 is 14.9 Å². The van der Waals surface area contributed by atoms with Gasteiger partial charge in [0.05, 0.1) is 15.6 Å². The van der Waals surface area contributed by atoms with Gasteiger partial charge in [0.2, 0.25) is 18.1 Å². The number of anilines is 2. The number of nitrogens with two attached hydrogens (primary N) is 2. The minimum Gasteiger partial charge on any atom is -0.444 e. The molecule has 6 N–H and O–H groups in total. The lowest BCUT2D eigenvalue weighted by atomic mass is 10.1. The van der Waals surface area contributed by atoms with E-state index in [2.05, 4.69) is 9.97 Å². The fourth-order valence-corrected chi connectivity index (χ4v) is 1.99. The van der Waals surface area contributed by atoms with E-state index >= 15 is 0 Å². The fourth-order valence-electron chi connectivity index (χ4n) is 1.69. The molecule has 9 heteroatoms. The molecule has 2 atom stereocenters. The summed E-state index contributed by atoms with van der Waals surface area (Å²) in [6.45, 7) is 1.36. The lowest BCUT2D eigenvalue weighted by molar-refractivity contribution is -0.0976. The second kappa shape index (κ2) is 6.53. The molecule has 0 aliphatic heterocycles. The average Bonchev–Trinajstić information content (AvgIpc) is 2.41. The van der Waals surface area contributed by atoms with E-state index in [-0.39, 0.29) is 23.2 Å². The molecule has 0 radical (unpaired) electrons. The van der Waals surface area contributed by atoms with E-state index in [0.29, 0.717) is 15.6 Å². The van der Waals surface area contributed by atoms with Crippen LogP contribution in [-0.4, -0.2) is 32.6 Å². The van der Waals surface area contributed by atoms with Gasteiger partial charge in [-0.25, -0.2) is 0 Å². The SMILES string of the molecule is CC(O)[C@H](O)Oc1nc(N)nc(N)c1-c1ccc(Cl)c(Cl)c1. The molecular weight excluding hydrogens is 331 g/mol. The van der Waals surface area contributed by atoms with Crippen LogP contribution < -0.4 is 16.2 Å². The Hall–Kier alpha value is -1.80. The predicted octanol–water partition coefficient (Wildman–Crippen LogP) is 1.69. The number of aromatic nitrogens is 2. The summed E-state index contributed by atoms with van der Waals surface area (Å²) in [6.07, 6.45) is -2.64. The predicted molar refractivity (Wildman–Crippen MR) is 84.6 cm³/mol. The number of nitrogens with zero attached hydrogens (tertiary/aromatic N) is 2. The molecule has 1 unspecified atom stereocenters. The standard InChI is InChI=1S/C13H14Cl2N4O3/c1-5(20)12(21)22-11-9(10(16)18-13(17)19-11)6-2-3-7(14)8(15)4-6/h2-5,12,20-21H,1H3,(H4,16,17,18,19)/t5?,12-/m1/s1. The maximum absolute atomic E-state index is 9.67. The quantitative estimate of drug-likeness (QED) is 0.621. The molecule has 1 aromatic carbocycles. The first kappa shape index (κ1) is 16.6. The van der Waals surface area contributed by atoms with E-state index in [1.165, 1.54) is 6.92 Å². The summed E-state index contributed by atoms with van der Waals surface area (Å²) < 4.78 is 5.21. The summed E-state index contributed by atoms with van der Waals surface area (Å²) in [4.78, 5) is 7.76. The highest BCUT2D eigenvalue weighted by atomic mass is 35.5. The van der Waals surface area contributed by atoms with Crippen molar-refractivity contribution in [1.29, 1.82) is 0 Å². The highest BCUT2D eigenvalue weighted by Gasteiger charge is 2.21. The maximum atomic E-state index is 9.67. The minimum absolute atomic E-state index is 0.0404. The van der Waals surface area contributed by atoms with Gasteiger partial charge in [0, 0.05) is 0 Å². The average molecular weight is 345 g/mol. The molecule has 0 aliphatic rings. The van der Waals surface area contributed by atoms with Gasteiger partial charge < -0.3 is 26.4 Å². The van der Waals surface area contributed by atoms with Crippen LogP contribution in [0.3, 0.4) is 0 Å². The van der Waals surface area contributed by atoms with Crippen LogP contribution in [0.25, 0.3) is 11.1 Å². The van der Waals surface area contributed by atoms with Crippen LogP contribution in [0, 0.1) is 0 Å². The van der Waals surface area contributed by atoms with Crippen molar-refractivity contribution in [3.05, 3.63) is 28.2 Å². The van der Waals surface area contributed by atoms with Gasteiger partial charge in [-0.15, -0.1) is 0 Å². The first-order chi connectivity index (χ1) is 10.3. The van der Waals surface area contributed by atoms with E-state index in [9.17, 15) is 10.2 Å². The first-order valence-corrected chi connectivity index (χ1v) is 6.96. The number of ether oxygens (including phenoxy) is 1. The second-order valence-electron chi connectivity index (χ2n) is 4.53. The zero-order chi connectivity index (χ0) is 16.4. The van der Waals surface area contributed by atoms with Crippen molar-refractivity contribution >= 4 is 35.0 Å². The normalized spacial score (nSPS) is 13.7. The Morgan fingerprint density at radius 1 is 1.14 bits per heavy atom. The molecule has 2 aromatic rings. The molecule has 0 saturated heterocycles. The van der Waals surface area contributed by atoms with Crippen LogP contribution in [0.5, 0.6) is 5.88 Å². The third-order valence-electron chi connectivity index (χ3n) is 2.77. The summed E-state index contributed by atoms with van der Waals surface area (Å²) in [5, 5.41) is 19.7. The lowest BCUT2D eigenvalue weighted by Gasteiger charge is -2.18. The highest BCUT2D eigenvalue weighted by molar-refractivity contribution is 6.42. The molecule has 0 aliphatic carbocycles. The van der Waals surface area contributed by atoms with Crippen molar-refractivity contribution in [3.63, 3.8) is 0 Å². The monoisotopic (exact) mass is 344 g/mol. The number of aliphatic hydroxyl groups is 2. The van der Waals surface area contributed by atoms with Crippen LogP contribution in [0.1, 0.15) is 6.92 Å². The van der Waals surface area contributed by atoms with Crippen molar-refractivity contribution in [3.8, 4) is 17.0 Å². The number of benzene rings is 1. The van der Waals surface area contributed by atoms with Crippen molar-refractivity contribution in [2.75, 3.05) is 11.5 Å². The Kier molecular flexibility index (Phi) is 4.92. The van der Waals surface area contributed by atoms with Crippen LogP contribution in [0.15, 0.2) is 18.2 Å². The molecule has 1 heterocycles. The molecule has 0 bridgehead atoms. The number of hydrogen-bond donors (Lipinski definition) is 4. The van der Waals surface area contributed by atoms with E-state index in [4.69, 9.17) is 39.4 Å². The number of hydrogen-bond acceptors (Lipinski definition) is 7. The largest absolute Gasteiger partial charge is 0.444 e. The Morgan fingerprint density at radius 2 is 1.82 bits per heavy atom. The van der Waals surface area contributed by atoms with Crippen LogP contribution >= 0.6 is 23.2 Å². The third kappa shape index (κ3) is 3.50. The number of aliphatic hydroxyl groups excluding tert-OH is 2. The van der Waals surface area contributed by atoms with Gasteiger partial charge in [0.15, 0.2) is 0 Å². The molecule has 0 saturated carbocycles. The van der Waals surface area contributed by atoms with Gasteiger partial charge in [-0.05, 0) is 24.6 Å². The Bertz CT molecular complexity index is 697. The summed E-state index contributed by atoms with van der Waals surface area (Å²) in [5.74, 6) is -0.162. The smallest absolute Gasteiger partial charge is 0.230 e. The lowest BCUT2D eigenvalue weighted by Crippen LogP contribution is -2.29. The maximum Gasteiger partial charge on any atom is 0.230 e. The molecule has 7 nitrogen and oxygen atoms in total. The van der Waals surface area contributed by atoms with Gasteiger partial charge in [-0.3, -0.25) is 0 Å². The van der Waals surface area contributed by atoms with Crippen LogP contribution in [0.2, 0.25) is 10.0 Å². The van der Waals surface area contributed by atoms with Gasteiger partial charge in [0.25, 0.3) is 0 Å². The van der Waals surface area contributed by atoms with E-state index in [1.807, 2.05) is 0 Å². The molecule has 0 amide bonds. The second-order valence-corrected chi connectivity index (χ2v) is 5.34.